The normalized spacial score (nSPS) is 10.6. The quantitative estimate of drug-likeness (QED) is 0.678. The average Bonchev–Trinajstić information content (AvgIpc) is 3.00. The van der Waals surface area contributed by atoms with Crippen LogP contribution in [0.5, 0.6) is 5.75 Å². The van der Waals surface area contributed by atoms with Crippen molar-refractivity contribution in [2.24, 2.45) is 0 Å². The van der Waals surface area contributed by atoms with Crippen LogP contribution in [0, 0.1) is 0 Å². The molecule has 3 aromatic rings. The fourth-order valence-corrected chi connectivity index (χ4v) is 1.97. The molecule has 0 atom stereocenters. The molecular weight excluding hydrogens is 256 g/mol. The lowest BCUT2D eigenvalue weighted by atomic mass is 10.2. The third-order valence-electron chi connectivity index (χ3n) is 2.85. The van der Waals surface area contributed by atoms with E-state index in [1.165, 1.54) is 6.26 Å². The Labute approximate surface area is 114 Å². The van der Waals surface area contributed by atoms with Crippen LogP contribution in [0.3, 0.4) is 0 Å². The molecule has 0 saturated carbocycles. The summed E-state index contributed by atoms with van der Waals surface area (Å²) in [5.41, 5.74) is 0.273. The molecule has 20 heavy (non-hydrogen) atoms. The first-order valence-corrected chi connectivity index (χ1v) is 6.14. The second-order valence-electron chi connectivity index (χ2n) is 4.16. The Kier molecular flexibility index (Phi) is 3.13. The van der Waals surface area contributed by atoms with Gasteiger partial charge in [0.2, 0.25) is 16.9 Å². The summed E-state index contributed by atoms with van der Waals surface area (Å²) >= 11 is 0. The van der Waals surface area contributed by atoms with Gasteiger partial charge in [0.25, 0.3) is 0 Å². The lowest BCUT2D eigenvalue weighted by Crippen LogP contribution is -2.10. The zero-order chi connectivity index (χ0) is 13.9. The Morgan fingerprint density at radius 2 is 2.05 bits per heavy atom. The van der Waals surface area contributed by atoms with Crippen LogP contribution in [-0.4, -0.2) is 6.61 Å². The summed E-state index contributed by atoms with van der Waals surface area (Å²) < 4.78 is 16.5. The number of hydrogen-bond donors (Lipinski definition) is 0. The number of benzene rings is 1. The predicted octanol–water partition coefficient (Wildman–Crippen LogP) is 3.62. The van der Waals surface area contributed by atoms with Gasteiger partial charge in [-0.25, -0.2) is 0 Å². The zero-order valence-corrected chi connectivity index (χ0v) is 10.7. The van der Waals surface area contributed by atoms with Crippen LogP contribution in [-0.2, 0) is 0 Å². The number of ether oxygens (including phenoxy) is 1. The first-order chi connectivity index (χ1) is 9.81. The topological polar surface area (TPSA) is 52.6 Å². The van der Waals surface area contributed by atoms with E-state index in [4.69, 9.17) is 13.6 Å². The van der Waals surface area contributed by atoms with Crippen LogP contribution in [0.1, 0.15) is 0 Å². The van der Waals surface area contributed by atoms with E-state index in [0.717, 1.165) is 0 Å². The Hall–Kier alpha value is -2.75. The fourth-order valence-electron chi connectivity index (χ4n) is 1.97. The van der Waals surface area contributed by atoms with E-state index in [1.807, 2.05) is 6.07 Å². The molecule has 0 N–H and O–H groups in total. The van der Waals surface area contributed by atoms with Gasteiger partial charge in [0.05, 0.1) is 11.6 Å². The highest BCUT2D eigenvalue weighted by atomic mass is 16.5. The zero-order valence-electron chi connectivity index (χ0n) is 10.7. The van der Waals surface area contributed by atoms with Crippen LogP contribution in [0.4, 0.5) is 0 Å². The molecule has 0 spiro atoms. The number of fused-ring (bicyclic) bond motifs is 1. The molecule has 3 rings (SSSR count). The largest absolute Gasteiger partial charge is 0.482 e. The SMILES string of the molecule is C=CCOc1c(-c2ccco2)oc2ccccc2c1=O. The summed E-state index contributed by atoms with van der Waals surface area (Å²) in [5.74, 6) is 0.881. The molecule has 0 fully saturated rings. The molecule has 0 bridgehead atoms. The lowest BCUT2D eigenvalue weighted by molar-refractivity contribution is 0.349. The van der Waals surface area contributed by atoms with Crippen LogP contribution in [0.2, 0.25) is 0 Å². The number of furan rings is 1. The van der Waals surface area contributed by atoms with Crippen molar-refractivity contribution in [3.05, 3.63) is 65.5 Å². The van der Waals surface area contributed by atoms with E-state index in [0.29, 0.717) is 22.5 Å². The lowest BCUT2D eigenvalue weighted by Gasteiger charge is -2.08. The van der Waals surface area contributed by atoms with E-state index in [-0.39, 0.29) is 17.8 Å². The van der Waals surface area contributed by atoms with Crippen molar-refractivity contribution in [2.45, 2.75) is 0 Å². The first kappa shape index (κ1) is 12.3. The van der Waals surface area contributed by atoms with Gasteiger partial charge in [-0.05, 0) is 24.3 Å². The number of rotatable bonds is 4. The fraction of sp³-hybridized carbons (Fsp3) is 0.0625. The summed E-state index contributed by atoms with van der Waals surface area (Å²) in [7, 11) is 0. The minimum absolute atomic E-state index is 0.138. The summed E-state index contributed by atoms with van der Waals surface area (Å²) in [4.78, 5) is 12.5. The molecule has 2 aromatic heterocycles. The van der Waals surface area contributed by atoms with Crippen molar-refractivity contribution >= 4 is 11.0 Å². The van der Waals surface area contributed by atoms with Gasteiger partial charge in [0.1, 0.15) is 12.2 Å². The Bertz CT molecular complexity index is 797. The molecule has 0 aliphatic heterocycles. The highest BCUT2D eigenvalue weighted by molar-refractivity contribution is 5.81. The molecule has 0 radical (unpaired) electrons. The molecule has 1 aromatic carbocycles. The first-order valence-electron chi connectivity index (χ1n) is 6.14. The molecular formula is C16H12O4. The van der Waals surface area contributed by atoms with Crippen molar-refractivity contribution in [3.8, 4) is 17.3 Å². The molecule has 0 saturated heterocycles. The maximum absolute atomic E-state index is 12.5. The summed E-state index contributed by atoms with van der Waals surface area (Å²) in [6.07, 6.45) is 3.09. The molecule has 4 heteroatoms. The van der Waals surface area contributed by atoms with Gasteiger partial charge >= 0.3 is 0 Å². The van der Waals surface area contributed by atoms with Gasteiger partial charge in [-0.3, -0.25) is 4.79 Å². The van der Waals surface area contributed by atoms with E-state index in [9.17, 15) is 4.79 Å². The molecule has 4 nitrogen and oxygen atoms in total. The minimum Gasteiger partial charge on any atom is -0.482 e. The third kappa shape index (κ3) is 2.01. The molecule has 100 valence electrons. The molecule has 0 aliphatic rings. The van der Waals surface area contributed by atoms with Crippen molar-refractivity contribution in [1.82, 2.24) is 0 Å². The van der Waals surface area contributed by atoms with E-state index >= 15 is 0 Å². The summed E-state index contributed by atoms with van der Waals surface area (Å²) in [5, 5.41) is 0.474. The monoisotopic (exact) mass is 268 g/mol. The molecule has 0 amide bonds. The Balaban J connectivity index is 2.30. The van der Waals surface area contributed by atoms with Crippen molar-refractivity contribution in [2.75, 3.05) is 6.61 Å². The summed E-state index contributed by atoms with van der Waals surface area (Å²) in [6, 6.07) is 10.5. The second-order valence-corrected chi connectivity index (χ2v) is 4.16. The average molecular weight is 268 g/mol. The van der Waals surface area contributed by atoms with E-state index in [2.05, 4.69) is 6.58 Å². The second kappa shape index (κ2) is 5.09. The van der Waals surface area contributed by atoms with Gasteiger partial charge < -0.3 is 13.6 Å². The smallest absolute Gasteiger partial charge is 0.235 e. The van der Waals surface area contributed by atoms with E-state index < -0.39 is 0 Å². The third-order valence-corrected chi connectivity index (χ3v) is 2.85. The van der Waals surface area contributed by atoms with Gasteiger partial charge in [0.15, 0.2) is 5.76 Å². The van der Waals surface area contributed by atoms with Gasteiger partial charge in [-0.15, -0.1) is 0 Å². The van der Waals surface area contributed by atoms with Crippen LogP contribution in [0.25, 0.3) is 22.5 Å². The maximum Gasteiger partial charge on any atom is 0.235 e. The predicted molar refractivity (Wildman–Crippen MR) is 75.9 cm³/mol. The van der Waals surface area contributed by atoms with Crippen molar-refractivity contribution in [3.63, 3.8) is 0 Å². The standard InChI is InChI=1S/C16H12O4/c1-2-9-19-16-14(17)11-6-3-4-7-12(11)20-15(16)13-8-5-10-18-13/h2-8,10H,1,9H2. The van der Waals surface area contributed by atoms with Gasteiger partial charge in [-0.2, -0.15) is 0 Å². The molecule has 0 aliphatic carbocycles. The van der Waals surface area contributed by atoms with Crippen molar-refractivity contribution in [1.29, 1.82) is 0 Å². The maximum atomic E-state index is 12.5. The number of para-hydroxylation sites is 1. The Morgan fingerprint density at radius 1 is 1.20 bits per heavy atom. The van der Waals surface area contributed by atoms with Crippen molar-refractivity contribution < 1.29 is 13.6 Å². The van der Waals surface area contributed by atoms with Gasteiger partial charge in [-0.1, -0.05) is 24.8 Å². The molecule has 0 unspecified atom stereocenters. The van der Waals surface area contributed by atoms with Crippen LogP contribution >= 0.6 is 0 Å². The highest BCUT2D eigenvalue weighted by Gasteiger charge is 2.18. The number of hydrogen-bond acceptors (Lipinski definition) is 4. The minimum atomic E-state index is -0.222. The van der Waals surface area contributed by atoms with E-state index in [1.54, 1.807) is 36.4 Å². The summed E-state index contributed by atoms with van der Waals surface area (Å²) in [6.45, 7) is 3.80. The molecule has 2 heterocycles. The van der Waals surface area contributed by atoms with Crippen LogP contribution in [0.15, 0.2) is 68.9 Å². The highest BCUT2D eigenvalue weighted by Crippen LogP contribution is 2.30. The Morgan fingerprint density at radius 3 is 2.80 bits per heavy atom. The van der Waals surface area contributed by atoms with Gasteiger partial charge in [0, 0.05) is 0 Å². The van der Waals surface area contributed by atoms with Crippen LogP contribution < -0.4 is 10.2 Å².